The van der Waals surface area contributed by atoms with Crippen molar-refractivity contribution >= 4 is 23.3 Å². The van der Waals surface area contributed by atoms with Crippen LogP contribution < -0.4 is 0 Å². The van der Waals surface area contributed by atoms with Crippen molar-refractivity contribution in [3.05, 3.63) is 10.6 Å². The summed E-state index contributed by atoms with van der Waals surface area (Å²) in [5.74, 6) is 0. The highest BCUT2D eigenvalue weighted by atomic mass is 32.1. The molecule has 0 bridgehead atoms. The van der Waals surface area contributed by atoms with E-state index in [1.807, 2.05) is 0 Å². The largest absolute Gasteiger partial charge is 0.0813 e. The molecule has 1 heterocycles. The SMILES string of the molecule is CCCCCCCCc1p[pH]pc1C. The number of hydrogen-bond acceptors (Lipinski definition) is 0. The molecule has 0 radical (unpaired) electrons. The summed E-state index contributed by atoms with van der Waals surface area (Å²) in [5.41, 5.74) is 0. The van der Waals surface area contributed by atoms with Crippen LogP contribution in [0.4, 0.5) is 0 Å². The van der Waals surface area contributed by atoms with Gasteiger partial charge in [0, 0.05) is 0 Å². The lowest BCUT2D eigenvalue weighted by Gasteiger charge is -2.00. The molecule has 1 unspecified atom stereocenters. The predicted octanol–water partition coefficient (Wildman–Crippen LogP) is 6.09. The molecule has 0 saturated heterocycles. The van der Waals surface area contributed by atoms with Crippen molar-refractivity contribution in [3.63, 3.8) is 0 Å². The Bertz CT molecular complexity index is 242. The van der Waals surface area contributed by atoms with Crippen LogP contribution >= 0.6 is 23.3 Å². The van der Waals surface area contributed by atoms with Gasteiger partial charge in [-0.05, 0) is 46.1 Å². The topological polar surface area (TPSA) is 0 Å². The van der Waals surface area contributed by atoms with E-state index >= 15 is 0 Å². The minimum Gasteiger partial charge on any atom is -0.0813 e. The summed E-state index contributed by atoms with van der Waals surface area (Å²) >= 11 is 0. The van der Waals surface area contributed by atoms with Crippen LogP contribution in [0.15, 0.2) is 0 Å². The van der Waals surface area contributed by atoms with E-state index in [-0.39, 0.29) is 0 Å². The predicted molar refractivity (Wildman–Crippen MR) is 72.8 cm³/mol. The van der Waals surface area contributed by atoms with E-state index in [1.165, 1.54) is 44.9 Å². The smallest absolute Gasteiger partial charge is 0.00883 e. The molecule has 1 aromatic rings. The lowest BCUT2D eigenvalue weighted by Crippen LogP contribution is -1.83. The first-order chi connectivity index (χ1) is 6.84. The summed E-state index contributed by atoms with van der Waals surface area (Å²) in [4.78, 5) is 0. The van der Waals surface area contributed by atoms with Crippen LogP contribution in [-0.4, -0.2) is 0 Å². The molecule has 0 N–H and O–H groups in total. The van der Waals surface area contributed by atoms with Gasteiger partial charge in [-0.2, -0.15) is 0 Å². The van der Waals surface area contributed by atoms with E-state index < -0.39 is 0 Å². The highest BCUT2D eigenvalue weighted by Crippen LogP contribution is 2.41. The van der Waals surface area contributed by atoms with Gasteiger partial charge in [0.2, 0.25) is 0 Å². The third-order valence-electron chi connectivity index (χ3n) is 2.59. The monoisotopic (exact) mass is 246 g/mol. The van der Waals surface area contributed by atoms with Crippen LogP contribution in [-0.2, 0) is 6.42 Å². The normalized spacial score (nSPS) is 12.4. The second-order valence-corrected chi connectivity index (χ2v) is 9.47. The van der Waals surface area contributed by atoms with Crippen molar-refractivity contribution < 1.29 is 0 Å². The number of aryl methyl sites for hydroxylation is 2. The van der Waals surface area contributed by atoms with Gasteiger partial charge in [0.05, 0.1) is 0 Å². The maximum Gasteiger partial charge on any atom is -0.00883 e. The first-order valence-electron chi connectivity index (χ1n) is 5.71. The zero-order valence-electron chi connectivity index (χ0n) is 9.34. The Morgan fingerprint density at radius 3 is 2.36 bits per heavy atom. The van der Waals surface area contributed by atoms with Crippen molar-refractivity contribution in [1.29, 1.82) is 0 Å². The van der Waals surface area contributed by atoms with E-state index in [0.29, 0.717) is 0 Å². The Kier molecular flexibility index (Phi) is 7.14. The van der Waals surface area contributed by atoms with Gasteiger partial charge in [-0.1, -0.05) is 46.6 Å². The number of rotatable bonds is 7. The summed E-state index contributed by atoms with van der Waals surface area (Å²) in [6.07, 6.45) is 9.97. The van der Waals surface area contributed by atoms with E-state index in [1.54, 1.807) is 26.3 Å². The summed E-state index contributed by atoms with van der Waals surface area (Å²) in [5, 5.41) is 3.44. The molecule has 0 aliphatic heterocycles. The molecule has 0 nitrogen and oxygen atoms in total. The van der Waals surface area contributed by atoms with Crippen molar-refractivity contribution in [2.24, 2.45) is 0 Å². The third-order valence-corrected chi connectivity index (χ3v) is 8.61. The standard InChI is InChI=1S/C11H21P3/c1-3-4-5-6-7-8-9-11-10(2)12-14-13-11/h14H,3-9H2,1-2H3. The van der Waals surface area contributed by atoms with Crippen LogP contribution in [0.2, 0.25) is 0 Å². The molecule has 1 aromatic heterocycles. The molecule has 0 aromatic carbocycles. The quantitative estimate of drug-likeness (QED) is 0.510. The number of hydrogen-bond donors (Lipinski definition) is 0. The second kappa shape index (κ2) is 7.87. The zero-order chi connectivity index (χ0) is 10.2. The Morgan fingerprint density at radius 2 is 1.71 bits per heavy atom. The second-order valence-electron chi connectivity index (χ2n) is 3.87. The van der Waals surface area contributed by atoms with E-state index in [9.17, 15) is 0 Å². The molecular weight excluding hydrogens is 225 g/mol. The van der Waals surface area contributed by atoms with Crippen LogP contribution in [0, 0.1) is 6.92 Å². The Balaban J connectivity index is 2.02. The van der Waals surface area contributed by atoms with Gasteiger partial charge in [-0.25, -0.2) is 0 Å². The summed E-state index contributed by atoms with van der Waals surface area (Å²) in [6.45, 7) is 4.60. The first-order valence-corrected chi connectivity index (χ1v) is 10.2. The molecule has 0 saturated carbocycles. The molecule has 0 aliphatic carbocycles. The average Bonchev–Trinajstić information content (AvgIpc) is 2.58. The molecular formula is C11H21P3. The van der Waals surface area contributed by atoms with Crippen molar-refractivity contribution in [2.75, 3.05) is 0 Å². The van der Waals surface area contributed by atoms with Crippen molar-refractivity contribution in [2.45, 2.75) is 58.8 Å². The Labute approximate surface area is 93.0 Å². The highest BCUT2D eigenvalue weighted by Gasteiger charge is 1.99. The van der Waals surface area contributed by atoms with Crippen LogP contribution in [0.5, 0.6) is 0 Å². The van der Waals surface area contributed by atoms with Gasteiger partial charge in [0.25, 0.3) is 0 Å². The minimum atomic E-state index is 1.15. The van der Waals surface area contributed by atoms with Gasteiger partial charge in [0.1, 0.15) is 0 Å². The Hall–Kier alpha value is 0.640. The van der Waals surface area contributed by atoms with Crippen LogP contribution in [0.3, 0.4) is 0 Å². The lowest BCUT2D eigenvalue weighted by atomic mass is 10.1. The maximum atomic E-state index is 2.32. The molecule has 3 heteroatoms. The molecule has 80 valence electrons. The third kappa shape index (κ3) is 4.93. The van der Waals surface area contributed by atoms with Crippen molar-refractivity contribution in [1.82, 2.24) is 0 Å². The van der Waals surface area contributed by atoms with Crippen LogP contribution in [0.25, 0.3) is 0 Å². The molecule has 1 rings (SSSR count). The molecule has 0 amide bonds. The molecule has 0 fully saturated rings. The first kappa shape index (κ1) is 12.7. The fraction of sp³-hybridized carbons (Fsp3) is 0.818. The fourth-order valence-electron chi connectivity index (χ4n) is 1.62. The van der Waals surface area contributed by atoms with Gasteiger partial charge < -0.3 is 0 Å². The Morgan fingerprint density at radius 1 is 1.00 bits per heavy atom. The average molecular weight is 246 g/mol. The summed E-state index contributed by atoms with van der Waals surface area (Å²) < 4.78 is 0. The summed E-state index contributed by atoms with van der Waals surface area (Å²) in [6, 6.07) is 0. The molecule has 14 heavy (non-hydrogen) atoms. The van der Waals surface area contributed by atoms with Crippen molar-refractivity contribution in [3.8, 4) is 0 Å². The molecule has 0 aliphatic rings. The summed E-state index contributed by atoms with van der Waals surface area (Å²) in [7, 11) is 4.42. The fourth-order valence-corrected chi connectivity index (χ4v) is 8.57. The maximum absolute atomic E-state index is 2.32. The number of unbranched alkanes of at least 4 members (excludes halogenated alkanes) is 5. The highest BCUT2D eigenvalue weighted by molar-refractivity contribution is 8.17. The molecule has 0 spiro atoms. The van der Waals surface area contributed by atoms with Gasteiger partial charge in [0.15, 0.2) is 0 Å². The minimum absolute atomic E-state index is 1.15. The van der Waals surface area contributed by atoms with E-state index in [4.69, 9.17) is 0 Å². The van der Waals surface area contributed by atoms with Crippen LogP contribution in [0.1, 0.15) is 56.0 Å². The van der Waals surface area contributed by atoms with Gasteiger partial charge in [-0.3, -0.25) is 0 Å². The van der Waals surface area contributed by atoms with E-state index in [2.05, 4.69) is 13.8 Å². The lowest BCUT2D eigenvalue weighted by molar-refractivity contribution is 0.609. The molecule has 1 atom stereocenters. The van der Waals surface area contributed by atoms with Gasteiger partial charge >= 0.3 is 0 Å². The zero-order valence-corrected chi connectivity index (χ0v) is 12.1. The van der Waals surface area contributed by atoms with E-state index in [0.717, 1.165) is 7.55 Å². The van der Waals surface area contributed by atoms with Gasteiger partial charge in [-0.15, -0.1) is 0 Å².